The van der Waals surface area contributed by atoms with Crippen LogP contribution in [0.15, 0.2) is 60.8 Å². The van der Waals surface area contributed by atoms with Crippen molar-refractivity contribution in [3.8, 4) is 0 Å². The van der Waals surface area contributed by atoms with Gasteiger partial charge in [0.1, 0.15) is 0 Å². The van der Waals surface area contributed by atoms with E-state index < -0.39 is 0 Å². The van der Waals surface area contributed by atoms with Gasteiger partial charge in [-0.05, 0) is 44.3 Å². The van der Waals surface area contributed by atoms with Crippen LogP contribution < -0.4 is 0 Å². The van der Waals surface area contributed by atoms with Crippen LogP contribution >= 0.6 is 23.4 Å². The third-order valence-corrected chi connectivity index (χ3v) is 3.81. The molecular formula is C19H29ClS. The van der Waals surface area contributed by atoms with Crippen molar-refractivity contribution in [3.05, 3.63) is 60.8 Å². The van der Waals surface area contributed by atoms with Crippen LogP contribution in [0.25, 0.3) is 0 Å². The largest absolute Gasteiger partial charge is 0.145 e. The zero-order valence-electron chi connectivity index (χ0n) is 13.2. The van der Waals surface area contributed by atoms with Crippen molar-refractivity contribution in [2.45, 2.75) is 45.4 Å². The summed E-state index contributed by atoms with van der Waals surface area (Å²) in [6.07, 6.45) is 28.6. The van der Waals surface area contributed by atoms with Crippen LogP contribution in [-0.2, 0) is 0 Å². The van der Waals surface area contributed by atoms with Gasteiger partial charge in [-0.2, -0.15) is 0 Å². The highest BCUT2D eigenvalue weighted by Gasteiger charge is 1.81. The van der Waals surface area contributed by atoms with E-state index in [1.165, 1.54) is 0 Å². The van der Waals surface area contributed by atoms with Gasteiger partial charge in [0.15, 0.2) is 0 Å². The molecule has 0 radical (unpaired) electrons. The zero-order chi connectivity index (χ0) is 15.4. The summed E-state index contributed by atoms with van der Waals surface area (Å²) >= 11 is 7.36. The number of hydrogen-bond donors (Lipinski definition) is 0. The molecule has 0 aromatic heterocycles. The maximum absolute atomic E-state index is 5.59. The van der Waals surface area contributed by atoms with Crippen LogP contribution in [-0.4, -0.2) is 11.0 Å². The third kappa shape index (κ3) is 19.3. The molecule has 21 heavy (non-hydrogen) atoms. The maximum Gasteiger partial charge on any atom is 0.0680 e. The first-order chi connectivity index (χ1) is 10.4. The SMILES string of the molecule is CC/C=C\C/C=C\C/C=C\C/C=C\C/C=C\CCSCCl. The Labute approximate surface area is 140 Å². The Kier molecular flexibility index (Phi) is 18.7. The van der Waals surface area contributed by atoms with E-state index in [-0.39, 0.29) is 0 Å². The quantitative estimate of drug-likeness (QED) is 0.198. The van der Waals surface area contributed by atoms with E-state index in [2.05, 4.69) is 67.7 Å². The molecule has 0 aliphatic carbocycles. The van der Waals surface area contributed by atoms with Crippen molar-refractivity contribution in [2.24, 2.45) is 0 Å². The van der Waals surface area contributed by atoms with Crippen LogP contribution in [0.4, 0.5) is 0 Å². The van der Waals surface area contributed by atoms with Crippen LogP contribution in [0.1, 0.15) is 45.4 Å². The molecule has 0 unspecified atom stereocenters. The molecule has 0 aromatic carbocycles. The molecule has 0 aliphatic heterocycles. The van der Waals surface area contributed by atoms with Gasteiger partial charge in [-0.3, -0.25) is 0 Å². The highest BCUT2D eigenvalue weighted by Crippen LogP contribution is 2.04. The predicted molar refractivity (Wildman–Crippen MR) is 102 cm³/mol. The second kappa shape index (κ2) is 19.3. The summed E-state index contributed by atoms with van der Waals surface area (Å²) in [5.74, 6) is 1.12. The Morgan fingerprint density at radius 2 is 1.10 bits per heavy atom. The van der Waals surface area contributed by atoms with E-state index in [9.17, 15) is 0 Å². The summed E-state index contributed by atoms with van der Waals surface area (Å²) in [7, 11) is 0. The monoisotopic (exact) mass is 324 g/mol. The fourth-order valence-electron chi connectivity index (χ4n) is 1.57. The summed E-state index contributed by atoms with van der Waals surface area (Å²) in [6, 6.07) is 0. The minimum absolute atomic E-state index is 0.699. The topological polar surface area (TPSA) is 0 Å². The molecule has 0 fully saturated rings. The van der Waals surface area contributed by atoms with E-state index in [1.807, 2.05) is 0 Å². The van der Waals surface area contributed by atoms with Gasteiger partial charge in [0.25, 0.3) is 0 Å². The molecule has 0 rings (SSSR count). The van der Waals surface area contributed by atoms with Crippen molar-refractivity contribution in [1.82, 2.24) is 0 Å². The lowest BCUT2D eigenvalue weighted by atomic mass is 10.2. The number of alkyl halides is 1. The molecule has 0 aromatic rings. The van der Waals surface area contributed by atoms with Gasteiger partial charge in [-0.25, -0.2) is 0 Å². The van der Waals surface area contributed by atoms with Gasteiger partial charge >= 0.3 is 0 Å². The fourth-order valence-corrected chi connectivity index (χ4v) is 2.31. The van der Waals surface area contributed by atoms with Crippen LogP contribution in [0, 0.1) is 0 Å². The number of rotatable bonds is 13. The molecule has 0 saturated heterocycles. The standard InChI is InChI=1S/C19H29ClS/c1-2-3-4-5-6-7-8-9-10-11-12-13-14-15-16-17-18-21-19-20/h3-4,6-7,9-10,12-13,15-16H,2,5,8,11,14,17-19H2,1H3/b4-3-,7-6-,10-9-,13-12-,16-15-. The lowest BCUT2D eigenvalue weighted by Crippen LogP contribution is -1.73. The van der Waals surface area contributed by atoms with Crippen molar-refractivity contribution < 1.29 is 0 Å². The molecule has 0 N–H and O–H groups in total. The van der Waals surface area contributed by atoms with E-state index >= 15 is 0 Å². The minimum atomic E-state index is 0.699. The van der Waals surface area contributed by atoms with Gasteiger partial charge in [0.2, 0.25) is 0 Å². The van der Waals surface area contributed by atoms with Crippen molar-refractivity contribution >= 4 is 23.4 Å². The number of hydrogen-bond acceptors (Lipinski definition) is 1. The maximum atomic E-state index is 5.59. The Bertz CT molecular complexity index is 337. The van der Waals surface area contributed by atoms with Crippen molar-refractivity contribution in [1.29, 1.82) is 0 Å². The van der Waals surface area contributed by atoms with Gasteiger partial charge in [-0.15, -0.1) is 23.4 Å². The van der Waals surface area contributed by atoms with Gasteiger partial charge in [-0.1, -0.05) is 67.7 Å². The molecule has 0 amide bonds. The molecule has 0 atom stereocenters. The minimum Gasteiger partial charge on any atom is -0.145 e. The molecule has 0 bridgehead atoms. The van der Waals surface area contributed by atoms with E-state index in [1.54, 1.807) is 11.8 Å². The summed E-state index contributed by atoms with van der Waals surface area (Å²) in [5.41, 5.74) is 0. The lowest BCUT2D eigenvalue weighted by Gasteiger charge is -1.90. The zero-order valence-corrected chi connectivity index (χ0v) is 14.8. The fraction of sp³-hybridized carbons (Fsp3) is 0.474. The van der Waals surface area contributed by atoms with Crippen LogP contribution in [0.5, 0.6) is 0 Å². The van der Waals surface area contributed by atoms with E-state index in [0.717, 1.165) is 44.3 Å². The Hall–Kier alpha value is -0.660. The van der Waals surface area contributed by atoms with Gasteiger partial charge in [0.05, 0.1) is 5.21 Å². The van der Waals surface area contributed by atoms with E-state index in [4.69, 9.17) is 11.6 Å². The Balaban J connectivity index is 3.41. The normalized spacial score (nSPS) is 13.0. The highest BCUT2D eigenvalue weighted by atomic mass is 35.5. The first kappa shape index (κ1) is 20.3. The molecular weight excluding hydrogens is 296 g/mol. The molecule has 118 valence electrons. The Morgan fingerprint density at radius 1 is 0.667 bits per heavy atom. The van der Waals surface area contributed by atoms with Gasteiger partial charge in [0, 0.05) is 0 Å². The third-order valence-electron chi connectivity index (χ3n) is 2.66. The molecule has 0 nitrogen and oxygen atoms in total. The first-order valence-corrected chi connectivity index (χ1v) is 9.49. The summed E-state index contributed by atoms with van der Waals surface area (Å²) < 4.78 is 0. The van der Waals surface area contributed by atoms with Crippen molar-refractivity contribution in [3.63, 3.8) is 0 Å². The lowest BCUT2D eigenvalue weighted by molar-refractivity contribution is 1.19. The average Bonchev–Trinajstić information content (AvgIpc) is 2.50. The second-order valence-electron chi connectivity index (χ2n) is 4.51. The number of thioether (sulfide) groups is 1. The molecule has 0 saturated carbocycles. The summed E-state index contributed by atoms with van der Waals surface area (Å²) in [6.45, 7) is 2.16. The molecule has 0 heterocycles. The predicted octanol–water partition coefficient (Wildman–Crippen LogP) is 7.06. The summed E-state index contributed by atoms with van der Waals surface area (Å²) in [5, 5.41) is 0.699. The molecule has 0 aliphatic rings. The molecule has 2 heteroatoms. The highest BCUT2D eigenvalue weighted by molar-refractivity contribution is 8.00. The summed E-state index contributed by atoms with van der Waals surface area (Å²) in [4.78, 5) is 0. The van der Waals surface area contributed by atoms with Crippen molar-refractivity contribution in [2.75, 3.05) is 11.0 Å². The first-order valence-electron chi connectivity index (χ1n) is 7.80. The number of halogens is 1. The molecule has 0 spiro atoms. The van der Waals surface area contributed by atoms with Crippen LogP contribution in [0.3, 0.4) is 0 Å². The Morgan fingerprint density at radius 3 is 1.52 bits per heavy atom. The van der Waals surface area contributed by atoms with Crippen LogP contribution in [0.2, 0.25) is 0 Å². The van der Waals surface area contributed by atoms with E-state index in [0.29, 0.717) is 5.21 Å². The smallest absolute Gasteiger partial charge is 0.0680 e. The second-order valence-corrected chi connectivity index (χ2v) is 6.20. The van der Waals surface area contributed by atoms with Gasteiger partial charge < -0.3 is 0 Å². The average molecular weight is 325 g/mol. The number of allylic oxidation sites excluding steroid dienone is 10.